The van der Waals surface area contributed by atoms with Gasteiger partial charge in [0.25, 0.3) is 0 Å². The summed E-state index contributed by atoms with van der Waals surface area (Å²) in [7, 11) is -0.489. The molecule has 5 nitrogen and oxygen atoms in total. The molecule has 3 rings (SSSR count). The predicted octanol–water partition coefficient (Wildman–Crippen LogP) is 1.50. The lowest BCUT2D eigenvalue weighted by atomic mass is 9.84. The maximum absolute atomic E-state index is 5.96. The second-order valence-electron chi connectivity index (χ2n) is 6.52. The highest BCUT2D eigenvalue weighted by Crippen LogP contribution is 2.36. The zero-order valence-corrected chi connectivity index (χ0v) is 12.5. The van der Waals surface area contributed by atoms with Crippen molar-refractivity contribution in [3.05, 3.63) is 12.1 Å². The first kappa shape index (κ1) is 13.7. The average Bonchev–Trinajstić information content (AvgIpc) is 3.10. The van der Waals surface area contributed by atoms with Crippen molar-refractivity contribution in [2.75, 3.05) is 5.73 Å². The Balaban J connectivity index is 1.79. The lowest BCUT2D eigenvalue weighted by Crippen LogP contribution is -2.41. The molecule has 0 spiro atoms. The Hall–Kier alpha value is -1.27. The fraction of sp³-hybridized carbons (Fsp3) is 0.643. The minimum absolute atomic E-state index is 0.307. The lowest BCUT2D eigenvalue weighted by molar-refractivity contribution is 0.00578. The van der Waals surface area contributed by atoms with Crippen molar-refractivity contribution in [3.8, 4) is 5.75 Å². The van der Waals surface area contributed by atoms with Crippen LogP contribution in [-0.4, -0.2) is 29.4 Å². The summed E-state index contributed by atoms with van der Waals surface area (Å²) < 4.78 is 17.6. The molecule has 2 aliphatic rings. The zero-order chi connectivity index (χ0) is 14.5. The van der Waals surface area contributed by atoms with Crippen molar-refractivity contribution in [1.29, 1.82) is 0 Å². The molecule has 1 aliphatic carbocycles. The first-order valence-corrected chi connectivity index (χ1v) is 7.07. The van der Waals surface area contributed by atoms with Crippen LogP contribution in [0.25, 0.3) is 0 Å². The summed E-state index contributed by atoms with van der Waals surface area (Å²) in [4.78, 5) is 4.37. The van der Waals surface area contributed by atoms with Gasteiger partial charge in [0.05, 0.1) is 22.9 Å². The van der Waals surface area contributed by atoms with E-state index in [1.807, 2.05) is 39.8 Å². The molecule has 0 bridgehead atoms. The monoisotopic (exact) mass is 276 g/mol. The molecule has 2 fully saturated rings. The largest absolute Gasteiger partial charge is 0.514 e. The van der Waals surface area contributed by atoms with E-state index in [4.69, 9.17) is 19.8 Å². The molecule has 1 aromatic heterocycles. The van der Waals surface area contributed by atoms with Crippen LogP contribution in [-0.2, 0) is 9.31 Å². The predicted molar refractivity (Wildman–Crippen MR) is 78.0 cm³/mol. The molecule has 20 heavy (non-hydrogen) atoms. The van der Waals surface area contributed by atoms with Crippen LogP contribution in [0.3, 0.4) is 0 Å². The molecule has 2 N–H and O–H groups in total. The van der Waals surface area contributed by atoms with Gasteiger partial charge in [-0.2, -0.15) is 0 Å². The number of anilines is 1. The number of pyridine rings is 1. The SMILES string of the molecule is CC1(C)OB(c2ccc(OC3CC3)c(N)n2)OC1(C)C. The summed E-state index contributed by atoms with van der Waals surface area (Å²) in [5.41, 5.74) is 5.88. The van der Waals surface area contributed by atoms with Crippen molar-refractivity contribution in [2.45, 2.75) is 57.8 Å². The zero-order valence-electron chi connectivity index (χ0n) is 12.5. The Morgan fingerprint density at radius 2 is 1.80 bits per heavy atom. The number of rotatable bonds is 3. The van der Waals surface area contributed by atoms with Crippen LogP contribution in [0.2, 0.25) is 0 Å². The molecule has 0 aromatic carbocycles. The van der Waals surface area contributed by atoms with E-state index in [-0.39, 0.29) is 11.2 Å². The van der Waals surface area contributed by atoms with Gasteiger partial charge >= 0.3 is 7.12 Å². The van der Waals surface area contributed by atoms with Gasteiger partial charge in [0.1, 0.15) is 0 Å². The fourth-order valence-corrected chi connectivity index (χ4v) is 2.04. The molecular weight excluding hydrogens is 255 g/mol. The standard InChI is InChI=1S/C14H21BN2O3/c1-13(2)14(3,4)20-15(19-13)11-8-7-10(12(16)17-11)18-9-5-6-9/h7-9H,5-6H2,1-4H3,(H2,16,17). The smallest absolute Gasteiger partial charge is 0.487 e. The molecular formula is C14H21BN2O3. The molecule has 0 unspecified atom stereocenters. The topological polar surface area (TPSA) is 66.6 Å². The third kappa shape index (κ3) is 2.38. The molecule has 1 saturated carbocycles. The van der Waals surface area contributed by atoms with Gasteiger partial charge in [-0.1, -0.05) is 0 Å². The van der Waals surface area contributed by atoms with Crippen molar-refractivity contribution < 1.29 is 14.0 Å². The second kappa shape index (κ2) is 4.36. The van der Waals surface area contributed by atoms with Crippen LogP contribution in [0.15, 0.2) is 12.1 Å². The van der Waals surface area contributed by atoms with Gasteiger partial charge < -0.3 is 19.8 Å². The number of nitrogen functional groups attached to an aromatic ring is 1. The van der Waals surface area contributed by atoms with Gasteiger partial charge in [0.2, 0.25) is 0 Å². The third-order valence-electron chi connectivity index (χ3n) is 4.22. The number of hydrogen-bond acceptors (Lipinski definition) is 5. The maximum atomic E-state index is 5.96. The molecule has 1 aliphatic heterocycles. The Labute approximate surface area is 119 Å². The number of nitrogens with two attached hydrogens (primary N) is 1. The van der Waals surface area contributed by atoms with Crippen LogP contribution in [0.4, 0.5) is 5.82 Å². The number of nitrogens with zero attached hydrogens (tertiary/aromatic N) is 1. The summed E-state index contributed by atoms with van der Waals surface area (Å²) in [5, 5.41) is 0. The van der Waals surface area contributed by atoms with Crippen molar-refractivity contribution in [2.24, 2.45) is 0 Å². The molecule has 0 amide bonds. The highest BCUT2D eigenvalue weighted by molar-refractivity contribution is 6.61. The molecule has 2 heterocycles. The van der Waals surface area contributed by atoms with E-state index in [9.17, 15) is 0 Å². The molecule has 108 valence electrons. The maximum Gasteiger partial charge on any atom is 0.514 e. The average molecular weight is 276 g/mol. The highest BCUT2D eigenvalue weighted by atomic mass is 16.7. The van der Waals surface area contributed by atoms with Crippen molar-refractivity contribution in [3.63, 3.8) is 0 Å². The normalized spacial score (nSPS) is 23.9. The minimum Gasteiger partial charge on any atom is -0.487 e. The molecule has 1 saturated heterocycles. The van der Waals surface area contributed by atoms with Gasteiger partial charge in [-0.05, 0) is 52.7 Å². The first-order valence-electron chi connectivity index (χ1n) is 7.07. The van der Waals surface area contributed by atoms with E-state index in [1.54, 1.807) is 0 Å². The van der Waals surface area contributed by atoms with Crippen molar-refractivity contribution >= 4 is 18.5 Å². The van der Waals surface area contributed by atoms with E-state index >= 15 is 0 Å². The van der Waals surface area contributed by atoms with Gasteiger partial charge in [-0.3, -0.25) is 0 Å². The molecule has 0 radical (unpaired) electrons. The summed E-state index contributed by atoms with van der Waals surface area (Å²) >= 11 is 0. The van der Waals surface area contributed by atoms with E-state index in [1.165, 1.54) is 0 Å². The third-order valence-corrected chi connectivity index (χ3v) is 4.22. The Morgan fingerprint density at radius 1 is 1.20 bits per heavy atom. The highest BCUT2D eigenvalue weighted by Gasteiger charge is 2.52. The summed E-state index contributed by atoms with van der Waals surface area (Å²) in [6.07, 6.45) is 2.50. The summed E-state index contributed by atoms with van der Waals surface area (Å²) in [5.74, 6) is 1.04. The van der Waals surface area contributed by atoms with Crippen LogP contribution in [0, 0.1) is 0 Å². The second-order valence-corrected chi connectivity index (χ2v) is 6.52. The van der Waals surface area contributed by atoms with Gasteiger partial charge in [-0.25, -0.2) is 4.98 Å². The van der Waals surface area contributed by atoms with E-state index in [2.05, 4.69) is 4.98 Å². The van der Waals surface area contributed by atoms with Gasteiger partial charge in [-0.15, -0.1) is 0 Å². The Morgan fingerprint density at radius 3 is 2.30 bits per heavy atom. The number of aromatic nitrogens is 1. The van der Waals surface area contributed by atoms with E-state index in [0.717, 1.165) is 12.8 Å². The lowest BCUT2D eigenvalue weighted by Gasteiger charge is -2.32. The van der Waals surface area contributed by atoms with Crippen LogP contribution >= 0.6 is 0 Å². The molecule has 0 atom stereocenters. The van der Waals surface area contributed by atoms with Crippen LogP contribution in [0.5, 0.6) is 5.75 Å². The Kier molecular flexibility index (Phi) is 2.99. The first-order chi connectivity index (χ1) is 9.28. The molecule has 1 aromatic rings. The summed E-state index contributed by atoms with van der Waals surface area (Å²) in [6, 6.07) is 3.71. The summed E-state index contributed by atoms with van der Waals surface area (Å²) in [6.45, 7) is 8.06. The van der Waals surface area contributed by atoms with Gasteiger partial charge in [0, 0.05) is 0 Å². The molecule has 6 heteroatoms. The van der Waals surface area contributed by atoms with E-state index in [0.29, 0.717) is 23.3 Å². The number of ether oxygens (including phenoxy) is 1. The van der Waals surface area contributed by atoms with E-state index < -0.39 is 7.12 Å². The number of hydrogen-bond donors (Lipinski definition) is 1. The van der Waals surface area contributed by atoms with Crippen LogP contribution < -0.4 is 16.1 Å². The Bertz CT molecular complexity index is 513. The minimum atomic E-state index is -0.489. The fourth-order valence-electron chi connectivity index (χ4n) is 2.04. The quantitative estimate of drug-likeness (QED) is 0.847. The van der Waals surface area contributed by atoms with Crippen LogP contribution in [0.1, 0.15) is 40.5 Å². The van der Waals surface area contributed by atoms with Gasteiger partial charge in [0.15, 0.2) is 11.6 Å². The van der Waals surface area contributed by atoms with Crippen molar-refractivity contribution in [1.82, 2.24) is 4.98 Å².